The first kappa shape index (κ1) is 23.6. The first-order valence-electron chi connectivity index (χ1n) is 9.85. The molecule has 0 saturated heterocycles. The summed E-state index contributed by atoms with van der Waals surface area (Å²) in [5.74, 6) is 4.44. The van der Waals surface area contributed by atoms with E-state index in [9.17, 15) is 0 Å². The normalized spacial score (nSPS) is 11.7. The van der Waals surface area contributed by atoms with Gasteiger partial charge in [0.1, 0.15) is 0 Å². The quantitative estimate of drug-likeness (QED) is 0.249. The minimum absolute atomic E-state index is 1.10. The van der Waals surface area contributed by atoms with Gasteiger partial charge in [0.2, 0.25) is 0 Å². The van der Waals surface area contributed by atoms with Gasteiger partial charge in [0.15, 0.2) is 0 Å². The van der Waals surface area contributed by atoms with Crippen molar-refractivity contribution in [3.8, 4) is 0 Å². The minimum atomic E-state index is 1.10. The Kier molecular flexibility index (Phi) is 11.4. The fourth-order valence-electron chi connectivity index (χ4n) is 2.68. The Morgan fingerprint density at radius 1 is 0.607 bits per heavy atom. The summed E-state index contributed by atoms with van der Waals surface area (Å²) in [5.41, 5.74) is 2.52. The molecule has 2 aromatic rings. The Morgan fingerprint density at radius 2 is 1.11 bits per heavy atom. The number of benzene rings is 2. The lowest BCUT2D eigenvalue weighted by Gasteiger charge is -2.14. The molecule has 28 heavy (non-hydrogen) atoms. The molecule has 0 aliphatic rings. The molecular formula is C24H30S4. The Morgan fingerprint density at radius 3 is 1.61 bits per heavy atom. The molecule has 2 aromatic carbocycles. The van der Waals surface area contributed by atoms with Crippen LogP contribution in [0.3, 0.4) is 0 Å². The van der Waals surface area contributed by atoms with Crippen LogP contribution >= 0.6 is 47.0 Å². The standard InChI is InChI=1S/C24H30S4/c1-5-25-21-15-13-19(14-16-21)11-9-10-12-20-17-22(26-6-2)24(28-8-4)23(18-20)27-7-3/h9-18H,5-8H2,1-4H3/b11-9+,12-10+. The lowest BCUT2D eigenvalue weighted by atomic mass is 10.2. The third-order valence-electron chi connectivity index (χ3n) is 3.81. The van der Waals surface area contributed by atoms with E-state index in [0.29, 0.717) is 0 Å². The predicted molar refractivity (Wildman–Crippen MR) is 137 cm³/mol. The number of thioether (sulfide) groups is 4. The van der Waals surface area contributed by atoms with Gasteiger partial charge in [-0.3, -0.25) is 0 Å². The molecule has 0 aromatic heterocycles. The zero-order valence-corrected chi connectivity index (χ0v) is 20.5. The molecule has 2 rings (SSSR count). The zero-order valence-electron chi connectivity index (χ0n) is 17.2. The molecule has 150 valence electrons. The van der Waals surface area contributed by atoms with Gasteiger partial charge in [0.25, 0.3) is 0 Å². The van der Waals surface area contributed by atoms with E-state index in [4.69, 9.17) is 0 Å². The van der Waals surface area contributed by atoms with Crippen LogP contribution in [0.1, 0.15) is 38.8 Å². The molecule has 0 radical (unpaired) electrons. The van der Waals surface area contributed by atoms with Gasteiger partial charge in [-0.1, -0.05) is 64.1 Å². The van der Waals surface area contributed by atoms with Crippen molar-refractivity contribution in [3.05, 3.63) is 59.7 Å². The second-order valence-corrected chi connectivity index (χ2v) is 11.1. The van der Waals surface area contributed by atoms with Gasteiger partial charge in [-0.25, -0.2) is 0 Å². The number of rotatable bonds is 11. The molecule has 0 aliphatic heterocycles. The van der Waals surface area contributed by atoms with Crippen molar-refractivity contribution in [2.45, 2.75) is 47.3 Å². The topological polar surface area (TPSA) is 0 Å². The van der Waals surface area contributed by atoms with Crippen molar-refractivity contribution in [1.29, 1.82) is 0 Å². The smallest absolute Gasteiger partial charge is 0.0344 e. The summed E-state index contributed by atoms with van der Waals surface area (Å²) in [6.07, 6.45) is 8.67. The molecule has 0 nitrogen and oxygen atoms in total. The van der Waals surface area contributed by atoms with Crippen LogP contribution in [0.5, 0.6) is 0 Å². The summed E-state index contributed by atoms with van der Waals surface area (Å²) in [6, 6.07) is 13.4. The van der Waals surface area contributed by atoms with Crippen molar-refractivity contribution >= 4 is 59.2 Å². The Balaban J connectivity index is 2.16. The molecular weight excluding hydrogens is 417 g/mol. The molecule has 0 N–H and O–H groups in total. The first-order chi connectivity index (χ1) is 13.7. The van der Waals surface area contributed by atoms with E-state index in [-0.39, 0.29) is 0 Å². The van der Waals surface area contributed by atoms with E-state index in [1.807, 2.05) is 47.0 Å². The SMILES string of the molecule is CCSc1ccc(/C=C/C=C/c2cc(SCC)c(SCC)c(SCC)c2)cc1. The van der Waals surface area contributed by atoms with Crippen LogP contribution in [-0.2, 0) is 0 Å². The summed E-state index contributed by atoms with van der Waals surface area (Å²) >= 11 is 7.75. The second-order valence-electron chi connectivity index (χ2n) is 5.87. The fraction of sp³-hybridized carbons (Fsp3) is 0.333. The van der Waals surface area contributed by atoms with Gasteiger partial charge in [0, 0.05) is 19.6 Å². The van der Waals surface area contributed by atoms with Crippen molar-refractivity contribution in [2.24, 2.45) is 0 Å². The van der Waals surface area contributed by atoms with E-state index < -0.39 is 0 Å². The summed E-state index contributed by atoms with van der Waals surface area (Å²) in [6.45, 7) is 8.88. The zero-order chi connectivity index (χ0) is 20.2. The van der Waals surface area contributed by atoms with Crippen LogP contribution in [0.15, 0.2) is 68.1 Å². The Bertz CT molecular complexity index is 749. The second kappa shape index (κ2) is 13.5. The lowest BCUT2D eigenvalue weighted by molar-refractivity contribution is 1.11. The van der Waals surface area contributed by atoms with E-state index in [1.165, 1.54) is 30.7 Å². The Labute approximate surface area is 188 Å². The van der Waals surface area contributed by atoms with E-state index >= 15 is 0 Å². The highest BCUT2D eigenvalue weighted by atomic mass is 32.2. The molecule has 0 atom stereocenters. The van der Waals surface area contributed by atoms with Gasteiger partial charge in [0.05, 0.1) is 0 Å². The molecule has 0 saturated carbocycles. The van der Waals surface area contributed by atoms with Crippen LogP contribution in [0.2, 0.25) is 0 Å². The highest BCUT2D eigenvalue weighted by Gasteiger charge is 2.10. The molecule has 0 heterocycles. The van der Waals surface area contributed by atoms with Gasteiger partial charge in [-0.15, -0.1) is 47.0 Å². The van der Waals surface area contributed by atoms with Gasteiger partial charge < -0.3 is 0 Å². The minimum Gasteiger partial charge on any atom is -0.126 e. The maximum Gasteiger partial charge on any atom is 0.0344 e. The predicted octanol–water partition coefficient (Wildman–Crippen LogP) is 8.86. The maximum absolute atomic E-state index is 2.34. The number of hydrogen-bond donors (Lipinski definition) is 0. The average molecular weight is 447 g/mol. The van der Waals surface area contributed by atoms with E-state index in [2.05, 4.69) is 88.4 Å². The van der Waals surface area contributed by atoms with Crippen LogP contribution in [0.4, 0.5) is 0 Å². The molecule has 0 aliphatic carbocycles. The summed E-state index contributed by atoms with van der Waals surface area (Å²) in [7, 11) is 0. The molecule has 0 spiro atoms. The van der Waals surface area contributed by atoms with Gasteiger partial charge in [-0.05, 0) is 58.4 Å². The summed E-state index contributed by atoms with van der Waals surface area (Å²) in [4.78, 5) is 5.63. The number of hydrogen-bond acceptors (Lipinski definition) is 4. The highest BCUT2D eigenvalue weighted by Crippen LogP contribution is 2.40. The van der Waals surface area contributed by atoms with E-state index in [0.717, 1.165) is 23.0 Å². The number of allylic oxidation sites excluding steroid dienone is 2. The Hall–Kier alpha value is -0.680. The van der Waals surface area contributed by atoms with Crippen LogP contribution < -0.4 is 0 Å². The highest BCUT2D eigenvalue weighted by molar-refractivity contribution is 8.03. The summed E-state index contributed by atoms with van der Waals surface area (Å²) in [5, 5.41) is 0. The molecule has 0 unspecified atom stereocenters. The fourth-order valence-corrected chi connectivity index (χ4v) is 6.35. The van der Waals surface area contributed by atoms with Crippen LogP contribution in [0, 0.1) is 0 Å². The summed E-state index contributed by atoms with van der Waals surface area (Å²) < 4.78 is 0. The maximum atomic E-state index is 2.34. The van der Waals surface area contributed by atoms with Crippen molar-refractivity contribution in [2.75, 3.05) is 23.0 Å². The monoisotopic (exact) mass is 446 g/mol. The molecule has 0 bridgehead atoms. The van der Waals surface area contributed by atoms with Crippen molar-refractivity contribution < 1.29 is 0 Å². The third kappa shape index (κ3) is 7.62. The largest absolute Gasteiger partial charge is 0.126 e. The third-order valence-corrected chi connectivity index (χ3v) is 7.82. The van der Waals surface area contributed by atoms with Crippen LogP contribution in [-0.4, -0.2) is 23.0 Å². The lowest BCUT2D eigenvalue weighted by Crippen LogP contribution is -1.88. The van der Waals surface area contributed by atoms with Crippen molar-refractivity contribution in [3.63, 3.8) is 0 Å². The van der Waals surface area contributed by atoms with Crippen molar-refractivity contribution in [1.82, 2.24) is 0 Å². The first-order valence-corrected chi connectivity index (χ1v) is 13.8. The average Bonchev–Trinajstić information content (AvgIpc) is 2.70. The van der Waals surface area contributed by atoms with Crippen LogP contribution in [0.25, 0.3) is 12.2 Å². The molecule has 0 amide bonds. The van der Waals surface area contributed by atoms with Gasteiger partial charge in [-0.2, -0.15) is 0 Å². The van der Waals surface area contributed by atoms with E-state index in [1.54, 1.807) is 0 Å². The molecule has 0 fully saturated rings. The molecule has 4 heteroatoms. The van der Waals surface area contributed by atoms with Gasteiger partial charge >= 0.3 is 0 Å².